The lowest BCUT2D eigenvalue weighted by Crippen LogP contribution is -1.95. The summed E-state index contributed by atoms with van der Waals surface area (Å²) < 4.78 is 2.30. The Balaban J connectivity index is 1.69. The Kier molecular flexibility index (Phi) is 3.36. The van der Waals surface area contributed by atoms with Crippen LogP contribution < -0.4 is 0 Å². The molecule has 2 heterocycles. The summed E-state index contributed by atoms with van der Waals surface area (Å²) in [5, 5.41) is 7.94. The minimum atomic E-state index is 0.775. The van der Waals surface area contributed by atoms with Crippen LogP contribution in [-0.4, -0.2) is 9.55 Å². The van der Waals surface area contributed by atoms with Crippen LogP contribution in [0.1, 0.15) is 0 Å². The zero-order chi connectivity index (χ0) is 20.5. The standard InChI is InChI=1S/C28H17ClN2/c29-27-18-8-2-1-7-17(18)13-15-25(27)31-23-12-6-4-10-21(23)26-24(31)16-14-20-19-9-3-5-11-22(19)30-28(20)26/h1-16,30H. The van der Waals surface area contributed by atoms with Gasteiger partial charge in [-0.3, -0.25) is 0 Å². The molecule has 0 aliphatic heterocycles. The minimum absolute atomic E-state index is 0.775. The van der Waals surface area contributed by atoms with Crippen molar-refractivity contribution < 1.29 is 0 Å². The fraction of sp³-hybridized carbons (Fsp3) is 0. The van der Waals surface area contributed by atoms with E-state index >= 15 is 0 Å². The Morgan fingerprint density at radius 1 is 0.581 bits per heavy atom. The first-order chi connectivity index (χ1) is 15.3. The predicted molar refractivity (Wildman–Crippen MR) is 133 cm³/mol. The Labute approximate surface area is 183 Å². The number of nitrogens with zero attached hydrogens (tertiary/aromatic N) is 1. The molecule has 0 bridgehead atoms. The third-order valence-electron chi connectivity index (χ3n) is 6.40. The largest absolute Gasteiger partial charge is 0.354 e. The molecule has 0 radical (unpaired) electrons. The van der Waals surface area contributed by atoms with Gasteiger partial charge >= 0.3 is 0 Å². The highest BCUT2D eigenvalue weighted by Gasteiger charge is 2.18. The highest BCUT2D eigenvalue weighted by Crippen LogP contribution is 2.41. The lowest BCUT2D eigenvalue weighted by Gasteiger charge is -2.12. The van der Waals surface area contributed by atoms with Gasteiger partial charge in [-0.15, -0.1) is 0 Å². The molecule has 0 aliphatic rings. The normalized spacial score (nSPS) is 12.0. The van der Waals surface area contributed by atoms with E-state index in [1.54, 1.807) is 0 Å². The van der Waals surface area contributed by atoms with Crippen LogP contribution in [0.15, 0.2) is 97.1 Å². The molecule has 0 amide bonds. The summed E-state index contributed by atoms with van der Waals surface area (Å²) in [4.78, 5) is 3.68. The molecule has 2 nitrogen and oxygen atoms in total. The van der Waals surface area contributed by atoms with Crippen molar-refractivity contribution in [2.45, 2.75) is 0 Å². The molecule has 0 unspecified atom stereocenters. The molecule has 0 spiro atoms. The van der Waals surface area contributed by atoms with Gasteiger partial charge in [-0.1, -0.05) is 84.4 Å². The highest BCUT2D eigenvalue weighted by atomic mass is 35.5. The number of H-pyrrole nitrogens is 1. The lowest BCUT2D eigenvalue weighted by molar-refractivity contribution is 1.19. The van der Waals surface area contributed by atoms with E-state index in [0.717, 1.165) is 38.0 Å². The first kappa shape index (κ1) is 17.0. The molecule has 0 fully saturated rings. The van der Waals surface area contributed by atoms with Gasteiger partial charge in [0.25, 0.3) is 0 Å². The minimum Gasteiger partial charge on any atom is -0.354 e. The Bertz CT molecular complexity index is 1800. The van der Waals surface area contributed by atoms with E-state index in [-0.39, 0.29) is 0 Å². The van der Waals surface area contributed by atoms with Crippen molar-refractivity contribution >= 4 is 66.0 Å². The van der Waals surface area contributed by atoms with Crippen molar-refractivity contribution in [2.24, 2.45) is 0 Å². The van der Waals surface area contributed by atoms with Crippen molar-refractivity contribution in [1.82, 2.24) is 9.55 Å². The quantitative estimate of drug-likeness (QED) is 0.278. The van der Waals surface area contributed by atoms with Gasteiger partial charge in [-0.05, 0) is 29.7 Å². The molecular formula is C28H17ClN2. The summed E-state index contributed by atoms with van der Waals surface area (Å²) in [5.41, 5.74) is 5.64. The smallest absolute Gasteiger partial charge is 0.0725 e. The maximum atomic E-state index is 6.99. The number of fused-ring (bicyclic) bond motifs is 8. The summed E-state index contributed by atoms with van der Waals surface area (Å²) in [7, 11) is 0. The summed E-state index contributed by atoms with van der Waals surface area (Å²) in [6, 6.07) is 34.1. The van der Waals surface area contributed by atoms with Gasteiger partial charge in [0, 0.05) is 32.4 Å². The SMILES string of the molecule is Clc1c(-n2c3ccccc3c3c4[nH]c5ccccc5c4ccc32)ccc2ccccc12. The van der Waals surface area contributed by atoms with Gasteiger partial charge in [-0.2, -0.15) is 0 Å². The molecule has 3 heteroatoms. The number of hydrogen-bond donors (Lipinski definition) is 1. The Morgan fingerprint density at radius 3 is 2.23 bits per heavy atom. The number of nitrogens with one attached hydrogen (secondary N) is 1. The van der Waals surface area contributed by atoms with E-state index in [1.165, 1.54) is 27.1 Å². The second kappa shape index (κ2) is 6.13. The third kappa shape index (κ3) is 2.23. The molecule has 5 aromatic carbocycles. The van der Waals surface area contributed by atoms with E-state index in [1.807, 2.05) is 12.1 Å². The van der Waals surface area contributed by atoms with Crippen LogP contribution in [0, 0.1) is 0 Å². The molecule has 0 saturated carbocycles. The van der Waals surface area contributed by atoms with E-state index < -0.39 is 0 Å². The molecule has 0 aliphatic carbocycles. The second-order valence-electron chi connectivity index (χ2n) is 8.03. The van der Waals surface area contributed by atoms with Gasteiger partial charge in [0.05, 0.1) is 27.3 Å². The maximum absolute atomic E-state index is 6.99. The highest BCUT2D eigenvalue weighted by molar-refractivity contribution is 6.38. The van der Waals surface area contributed by atoms with E-state index in [0.29, 0.717) is 0 Å². The number of para-hydroxylation sites is 2. The van der Waals surface area contributed by atoms with Crippen LogP contribution in [-0.2, 0) is 0 Å². The van der Waals surface area contributed by atoms with Crippen molar-refractivity contribution in [1.29, 1.82) is 0 Å². The first-order valence-electron chi connectivity index (χ1n) is 10.4. The van der Waals surface area contributed by atoms with Gasteiger partial charge in [0.15, 0.2) is 0 Å². The average Bonchev–Trinajstić information content (AvgIpc) is 3.35. The van der Waals surface area contributed by atoms with Crippen molar-refractivity contribution in [3.63, 3.8) is 0 Å². The van der Waals surface area contributed by atoms with Crippen LogP contribution in [0.25, 0.3) is 60.1 Å². The fourth-order valence-electron chi connectivity index (χ4n) is 5.03. The molecule has 7 aromatic rings. The first-order valence-corrected chi connectivity index (χ1v) is 10.8. The Morgan fingerprint density at radius 2 is 1.32 bits per heavy atom. The van der Waals surface area contributed by atoms with Crippen molar-refractivity contribution in [3.8, 4) is 5.69 Å². The zero-order valence-electron chi connectivity index (χ0n) is 16.6. The monoisotopic (exact) mass is 416 g/mol. The number of hydrogen-bond acceptors (Lipinski definition) is 0. The summed E-state index contributed by atoms with van der Waals surface area (Å²) in [6.45, 7) is 0. The molecule has 146 valence electrons. The van der Waals surface area contributed by atoms with E-state index in [4.69, 9.17) is 11.6 Å². The summed E-state index contributed by atoms with van der Waals surface area (Å²) >= 11 is 6.99. The average molecular weight is 417 g/mol. The Hall–Kier alpha value is -3.75. The molecule has 31 heavy (non-hydrogen) atoms. The number of halogens is 1. The second-order valence-corrected chi connectivity index (χ2v) is 8.40. The van der Waals surface area contributed by atoms with Crippen molar-refractivity contribution in [3.05, 3.63) is 102 Å². The summed E-state index contributed by atoms with van der Waals surface area (Å²) in [6.07, 6.45) is 0. The van der Waals surface area contributed by atoms with Gasteiger partial charge in [0.1, 0.15) is 0 Å². The van der Waals surface area contributed by atoms with Crippen molar-refractivity contribution in [2.75, 3.05) is 0 Å². The maximum Gasteiger partial charge on any atom is 0.0725 e. The number of aromatic nitrogens is 2. The molecular weight excluding hydrogens is 400 g/mol. The van der Waals surface area contributed by atoms with E-state index in [9.17, 15) is 0 Å². The number of benzene rings is 5. The van der Waals surface area contributed by atoms with Crippen LogP contribution in [0.3, 0.4) is 0 Å². The van der Waals surface area contributed by atoms with Gasteiger partial charge < -0.3 is 9.55 Å². The number of rotatable bonds is 1. The predicted octanol–water partition coefficient (Wildman–Crippen LogP) is 8.22. The summed E-state index contributed by atoms with van der Waals surface area (Å²) in [5.74, 6) is 0. The van der Waals surface area contributed by atoms with Crippen LogP contribution in [0.4, 0.5) is 0 Å². The lowest BCUT2D eigenvalue weighted by atomic mass is 10.1. The van der Waals surface area contributed by atoms with Crippen LogP contribution >= 0.6 is 11.6 Å². The molecule has 2 aromatic heterocycles. The van der Waals surface area contributed by atoms with Gasteiger partial charge in [-0.25, -0.2) is 0 Å². The zero-order valence-corrected chi connectivity index (χ0v) is 17.3. The molecule has 1 N–H and O–H groups in total. The topological polar surface area (TPSA) is 20.7 Å². The van der Waals surface area contributed by atoms with Crippen LogP contribution in [0.5, 0.6) is 0 Å². The van der Waals surface area contributed by atoms with Crippen LogP contribution in [0.2, 0.25) is 5.02 Å². The van der Waals surface area contributed by atoms with E-state index in [2.05, 4.69) is 94.5 Å². The number of aromatic amines is 1. The molecule has 0 saturated heterocycles. The third-order valence-corrected chi connectivity index (χ3v) is 6.80. The fourth-order valence-corrected chi connectivity index (χ4v) is 5.35. The van der Waals surface area contributed by atoms with Gasteiger partial charge in [0.2, 0.25) is 0 Å². The molecule has 0 atom stereocenters. The molecule has 7 rings (SSSR count).